The number of ether oxygens (including phenoxy) is 2. The van der Waals surface area contributed by atoms with Crippen molar-refractivity contribution in [3.05, 3.63) is 5.38 Å². The predicted octanol–water partition coefficient (Wildman–Crippen LogP) is 0.766. The third-order valence-electron chi connectivity index (χ3n) is 1.50. The molecule has 1 aromatic rings. The van der Waals surface area contributed by atoms with Gasteiger partial charge in [-0.25, -0.2) is 0 Å². The molecular formula is C6H6O5S2. The minimum Gasteiger partial charge on any atom is -0.485 e. The van der Waals surface area contributed by atoms with Gasteiger partial charge in [-0.15, -0.1) is 11.3 Å². The summed E-state index contributed by atoms with van der Waals surface area (Å²) in [7, 11) is -4.19. The predicted molar refractivity (Wildman–Crippen MR) is 45.1 cm³/mol. The molecule has 0 bridgehead atoms. The lowest BCUT2D eigenvalue weighted by molar-refractivity contribution is 0.169. The Morgan fingerprint density at radius 1 is 1.38 bits per heavy atom. The zero-order chi connectivity index (χ0) is 9.47. The quantitative estimate of drug-likeness (QED) is 0.710. The Balaban J connectivity index is 2.55. The number of hydrogen-bond donors (Lipinski definition) is 1. The van der Waals surface area contributed by atoms with E-state index in [-0.39, 0.29) is 9.96 Å². The Morgan fingerprint density at radius 3 is 2.77 bits per heavy atom. The van der Waals surface area contributed by atoms with Crippen LogP contribution in [0.1, 0.15) is 0 Å². The molecule has 7 heteroatoms. The van der Waals surface area contributed by atoms with Gasteiger partial charge in [-0.1, -0.05) is 0 Å². The van der Waals surface area contributed by atoms with Gasteiger partial charge in [-0.3, -0.25) is 4.55 Å². The van der Waals surface area contributed by atoms with Crippen LogP contribution < -0.4 is 9.47 Å². The fourth-order valence-corrected chi connectivity index (χ4v) is 2.70. The summed E-state index contributed by atoms with van der Waals surface area (Å²) >= 11 is 0.884. The summed E-state index contributed by atoms with van der Waals surface area (Å²) in [6.07, 6.45) is 0. The first-order valence-corrected chi connectivity index (χ1v) is 5.75. The molecule has 0 atom stereocenters. The van der Waals surface area contributed by atoms with Crippen LogP contribution in [-0.4, -0.2) is 26.2 Å². The number of thiophene rings is 1. The molecule has 0 unspecified atom stereocenters. The molecule has 72 valence electrons. The van der Waals surface area contributed by atoms with Gasteiger partial charge in [-0.2, -0.15) is 8.42 Å². The molecule has 0 saturated carbocycles. The molecule has 0 amide bonds. The molecular weight excluding hydrogens is 216 g/mol. The maximum Gasteiger partial charge on any atom is 0.308 e. The SMILES string of the molecule is O=S(=O)(O)c1scc2c1OCCO2. The van der Waals surface area contributed by atoms with Crippen LogP contribution in [-0.2, 0) is 10.1 Å². The van der Waals surface area contributed by atoms with Crippen LogP contribution in [0.5, 0.6) is 11.5 Å². The summed E-state index contributed by atoms with van der Waals surface area (Å²) < 4.78 is 40.4. The van der Waals surface area contributed by atoms with Gasteiger partial charge in [0.1, 0.15) is 13.2 Å². The van der Waals surface area contributed by atoms with Crippen LogP contribution in [0.25, 0.3) is 0 Å². The topological polar surface area (TPSA) is 72.8 Å². The highest BCUT2D eigenvalue weighted by molar-refractivity contribution is 7.88. The molecule has 1 aromatic heterocycles. The van der Waals surface area contributed by atoms with E-state index in [1.54, 1.807) is 0 Å². The zero-order valence-electron chi connectivity index (χ0n) is 6.39. The van der Waals surface area contributed by atoms with E-state index in [0.29, 0.717) is 19.0 Å². The summed E-state index contributed by atoms with van der Waals surface area (Å²) in [5, 5.41) is 1.50. The molecule has 5 nitrogen and oxygen atoms in total. The average molecular weight is 222 g/mol. The molecule has 1 N–H and O–H groups in total. The van der Waals surface area contributed by atoms with Crippen LogP contribution in [0.15, 0.2) is 9.59 Å². The maximum atomic E-state index is 10.8. The smallest absolute Gasteiger partial charge is 0.308 e. The molecule has 0 aromatic carbocycles. The number of rotatable bonds is 1. The van der Waals surface area contributed by atoms with Crippen LogP contribution in [0.4, 0.5) is 0 Å². The molecule has 2 heterocycles. The van der Waals surface area contributed by atoms with E-state index < -0.39 is 10.1 Å². The van der Waals surface area contributed by atoms with Gasteiger partial charge in [0.2, 0.25) is 0 Å². The second kappa shape index (κ2) is 2.86. The van der Waals surface area contributed by atoms with Gasteiger partial charge in [-0.05, 0) is 0 Å². The van der Waals surface area contributed by atoms with Crippen molar-refractivity contribution in [2.24, 2.45) is 0 Å². The molecule has 0 saturated heterocycles. The van der Waals surface area contributed by atoms with E-state index in [1.165, 1.54) is 5.38 Å². The Morgan fingerprint density at radius 2 is 2.08 bits per heavy atom. The average Bonchev–Trinajstić information content (AvgIpc) is 2.45. The Bertz CT molecular complexity index is 418. The normalized spacial score (nSPS) is 15.8. The van der Waals surface area contributed by atoms with E-state index in [2.05, 4.69) is 0 Å². The highest BCUT2D eigenvalue weighted by atomic mass is 32.3. The lowest BCUT2D eigenvalue weighted by atomic mass is 10.5. The lowest BCUT2D eigenvalue weighted by Crippen LogP contribution is -2.15. The van der Waals surface area contributed by atoms with Crippen molar-refractivity contribution in [2.45, 2.75) is 4.21 Å². The summed E-state index contributed by atoms with van der Waals surface area (Å²) in [6, 6.07) is 0. The molecule has 1 aliphatic rings. The number of hydrogen-bond acceptors (Lipinski definition) is 5. The first-order valence-electron chi connectivity index (χ1n) is 3.43. The van der Waals surface area contributed by atoms with Gasteiger partial charge < -0.3 is 9.47 Å². The molecule has 13 heavy (non-hydrogen) atoms. The Hall–Kier alpha value is -0.790. The van der Waals surface area contributed by atoms with Crippen molar-refractivity contribution in [3.63, 3.8) is 0 Å². The molecule has 2 rings (SSSR count). The van der Waals surface area contributed by atoms with Gasteiger partial charge in [0.25, 0.3) is 0 Å². The van der Waals surface area contributed by atoms with Crippen molar-refractivity contribution in [1.29, 1.82) is 0 Å². The molecule has 0 spiro atoms. The third kappa shape index (κ3) is 1.50. The summed E-state index contributed by atoms with van der Waals surface area (Å²) in [4.78, 5) is 0. The van der Waals surface area contributed by atoms with Gasteiger partial charge >= 0.3 is 10.1 Å². The lowest BCUT2D eigenvalue weighted by Gasteiger charge is -2.14. The van der Waals surface area contributed by atoms with E-state index in [9.17, 15) is 8.42 Å². The first kappa shape index (κ1) is 8.79. The molecule has 0 aliphatic carbocycles. The summed E-state index contributed by atoms with van der Waals surface area (Å²) in [5.74, 6) is 0.502. The minimum absolute atomic E-state index is 0.124. The molecule has 1 aliphatic heterocycles. The van der Waals surface area contributed by atoms with Crippen molar-refractivity contribution >= 4 is 21.5 Å². The van der Waals surface area contributed by atoms with E-state index >= 15 is 0 Å². The molecule has 0 fully saturated rings. The highest BCUT2D eigenvalue weighted by Gasteiger charge is 2.26. The highest BCUT2D eigenvalue weighted by Crippen LogP contribution is 2.41. The second-order valence-corrected chi connectivity index (χ2v) is 4.88. The summed E-state index contributed by atoms with van der Waals surface area (Å²) in [6.45, 7) is 0.695. The fraction of sp³-hybridized carbons (Fsp3) is 0.333. The minimum atomic E-state index is -4.19. The number of fused-ring (bicyclic) bond motifs is 1. The van der Waals surface area contributed by atoms with Crippen molar-refractivity contribution in [3.8, 4) is 11.5 Å². The standard InChI is InChI=1S/C6H6O5S2/c7-13(8,9)6-5-4(3-12-6)10-1-2-11-5/h3H,1-2H2,(H,7,8,9). The van der Waals surface area contributed by atoms with Gasteiger partial charge in [0.05, 0.1) is 0 Å². The van der Waals surface area contributed by atoms with Crippen molar-refractivity contribution < 1.29 is 22.4 Å². The monoisotopic (exact) mass is 222 g/mol. The van der Waals surface area contributed by atoms with Gasteiger partial charge in [0.15, 0.2) is 15.7 Å². The van der Waals surface area contributed by atoms with Crippen molar-refractivity contribution in [1.82, 2.24) is 0 Å². The zero-order valence-corrected chi connectivity index (χ0v) is 8.02. The largest absolute Gasteiger partial charge is 0.485 e. The fourth-order valence-electron chi connectivity index (χ4n) is 1.02. The van der Waals surface area contributed by atoms with E-state index in [1.807, 2.05) is 0 Å². The van der Waals surface area contributed by atoms with Gasteiger partial charge in [0, 0.05) is 5.38 Å². The van der Waals surface area contributed by atoms with Crippen molar-refractivity contribution in [2.75, 3.05) is 13.2 Å². The molecule has 0 radical (unpaired) electrons. The van der Waals surface area contributed by atoms with E-state index in [4.69, 9.17) is 14.0 Å². The Kier molecular flexibility index (Phi) is 1.94. The van der Waals surface area contributed by atoms with E-state index in [0.717, 1.165) is 11.3 Å². The first-order chi connectivity index (χ1) is 6.09. The van der Waals surface area contributed by atoms with Crippen LogP contribution >= 0.6 is 11.3 Å². The maximum absolute atomic E-state index is 10.8. The van der Waals surface area contributed by atoms with Crippen LogP contribution in [0.3, 0.4) is 0 Å². The van der Waals surface area contributed by atoms with Crippen LogP contribution in [0.2, 0.25) is 0 Å². The van der Waals surface area contributed by atoms with Crippen LogP contribution in [0, 0.1) is 0 Å². The third-order valence-corrected chi connectivity index (χ3v) is 3.81. The second-order valence-electron chi connectivity index (χ2n) is 2.39. The summed E-state index contributed by atoms with van der Waals surface area (Å²) in [5.41, 5.74) is 0. The Labute approximate surface area is 78.7 Å².